The van der Waals surface area contributed by atoms with E-state index < -0.39 is 9.84 Å². The molecule has 0 amide bonds. The summed E-state index contributed by atoms with van der Waals surface area (Å²) in [6.45, 7) is 0. The Hall–Kier alpha value is -0.600. The third-order valence-electron chi connectivity index (χ3n) is 3.74. The van der Waals surface area contributed by atoms with Crippen LogP contribution in [0.3, 0.4) is 0 Å². The highest BCUT2D eigenvalue weighted by Gasteiger charge is 2.44. The summed E-state index contributed by atoms with van der Waals surface area (Å²) in [5.41, 5.74) is 0.615. The molecule has 2 heterocycles. The minimum atomic E-state index is -2.96. The van der Waals surface area contributed by atoms with Crippen LogP contribution in [0.5, 0.6) is 0 Å². The van der Waals surface area contributed by atoms with Crippen LogP contribution in [-0.4, -0.2) is 49.1 Å². The first-order chi connectivity index (χ1) is 9.85. The van der Waals surface area contributed by atoms with Crippen molar-refractivity contribution in [3.8, 4) is 0 Å². The van der Waals surface area contributed by atoms with Gasteiger partial charge in [-0.15, -0.1) is 0 Å². The Balaban J connectivity index is 1.69. The molecule has 0 radical (unpaired) electrons. The van der Waals surface area contributed by atoms with Gasteiger partial charge in [0.1, 0.15) is 5.82 Å². The first-order valence-electron chi connectivity index (χ1n) is 6.43. The fourth-order valence-electron chi connectivity index (χ4n) is 2.60. The lowest BCUT2D eigenvalue weighted by atomic mass is 10.2. The van der Waals surface area contributed by atoms with Gasteiger partial charge in [-0.25, -0.2) is 12.8 Å². The Morgan fingerprint density at radius 3 is 2.90 bits per heavy atom. The normalized spacial score (nSPS) is 26.8. The molecule has 0 bridgehead atoms. The topological polar surface area (TPSA) is 49.7 Å². The lowest BCUT2D eigenvalue weighted by Gasteiger charge is -2.20. The molecule has 0 aromatic heterocycles. The average Bonchev–Trinajstić information content (AvgIpc) is 2.83. The van der Waals surface area contributed by atoms with Crippen molar-refractivity contribution in [1.82, 2.24) is 4.90 Å². The van der Waals surface area contributed by atoms with Crippen LogP contribution < -0.4 is 0 Å². The van der Waals surface area contributed by atoms with E-state index in [4.69, 9.17) is 0 Å². The highest BCUT2D eigenvalue weighted by molar-refractivity contribution is 9.10. The van der Waals surface area contributed by atoms with Crippen molar-refractivity contribution in [2.75, 3.05) is 18.6 Å². The maximum Gasteiger partial charge on any atom is 0.159 e. The molecule has 1 fully saturated rings. The lowest BCUT2D eigenvalue weighted by molar-refractivity contribution is 0.410. The Kier molecular flexibility index (Phi) is 4.04. The fraction of sp³-hybridized carbons (Fsp3) is 0.462. The van der Waals surface area contributed by atoms with Gasteiger partial charge in [-0.05, 0) is 17.7 Å². The summed E-state index contributed by atoms with van der Waals surface area (Å²) in [4.78, 5) is 6.40. The molecule has 2 aliphatic heterocycles. The monoisotopic (exact) mass is 392 g/mol. The van der Waals surface area contributed by atoms with Gasteiger partial charge in [0.2, 0.25) is 0 Å². The van der Waals surface area contributed by atoms with Crippen molar-refractivity contribution in [3.63, 3.8) is 0 Å². The number of likely N-dealkylation sites (N-methyl/N-ethyl adjacent to an activating group) is 1. The number of benzene rings is 1. The van der Waals surface area contributed by atoms with Gasteiger partial charge < -0.3 is 4.90 Å². The number of amidine groups is 1. The van der Waals surface area contributed by atoms with E-state index in [-0.39, 0.29) is 29.4 Å². The summed E-state index contributed by atoms with van der Waals surface area (Å²) in [6, 6.07) is 4.76. The van der Waals surface area contributed by atoms with Crippen molar-refractivity contribution >= 4 is 42.7 Å². The molecule has 0 aliphatic carbocycles. The van der Waals surface area contributed by atoms with Crippen molar-refractivity contribution < 1.29 is 12.8 Å². The molecule has 2 aliphatic rings. The highest BCUT2D eigenvalue weighted by atomic mass is 79.9. The van der Waals surface area contributed by atoms with Gasteiger partial charge in [0, 0.05) is 17.3 Å². The molecule has 1 saturated heterocycles. The molecule has 0 saturated carbocycles. The molecule has 8 heteroatoms. The second kappa shape index (κ2) is 5.55. The van der Waals surface area contributed by atoms with Gasteiger partial charge >= 0.3 is 0 Å². The van der Waals surface area contributed by atoms with E-state index in [1.807, 2.05) is 11.9 Å². The number of fused-ring (bicyclic) bond motifs is 1. The van der Waals surface area contributed by atoms with E-state index in [2.05, 4.69) is 20.9 Å². The number of thioether (sulfide) groups is 1. The van der Waals surface area contributed by atoms with E-state index in [0.29, 0.717) is 15.8 Å². The molecular formula is C13H14BrFN2O2S2. The van der Waals surface area contributed by atoms with Gasteiger partial charge in [-0.2, -0.15) is 0 Å². The van der Waals surface area contributed by atoms with Gasteiger partial charge in [0.25, 0.3) is 0 Å². The number of halogens is 2. The SMILES string of the molecule is CN1C(SCc2ccc(Br)cc2F)=N[C@H]2CS(=O)(=O)C[C@H]21. The van der Waals surface area contributed by atoms with Crippen LogP contribution >= 0.6 is 27.7 Å². The van der Waals surface area contributed by atoms with E-state index in [1.165, 1.54) is 17.8 Å². The average molecular weight is 393 g/mol. The summed E-state index contributed by atoms with van der Waals surface area (Å²) in [6.07, 6.45) is 0. The second-order valence-electron chi connectivity index (χ2n) is 5.26. The van der Waals surface area contributed by atoms with Crippen LogP contribution in [0.2, 0.25) is 0 Å². The van der Waals surface area contributed by atoms with Crippen LogP contribution in [0.1, 0.15) is 5.56 Å². The fourth-order valence-corrected chi connectivity index (χ4v) is 5.92. The van der Waals surface area contributed by atoms with Gasteiger partial charge in [0.15, 0.2) is 15.0 Å². The molecule has 0 N–H and O–H groups in total. The molecule has 21 heavy (non-hydrogen) atoms. The molecule has 0 spiro atoms. The minimum absolute atomic E-state index is 0.0627. The Bertz CT molecular complexity index is 708. The molecule has 0 unspecified atom stereocenters. The third-order valence-corrected chi connectivity index (χ3v) is 7.04. The van der Waals surface area contributed by atoms with E-state index in [1.54, 1.807) is 12.1 Å². The molecule has 1 aromatic rings. The number of rotatable bonds is 2. The second-order valence-corrected chi connectivity index (χ2v) is 9.27. The van der Waals surface area contributed by atoms with Crippen LogP contribution in [0.15, 0.2) is 27.7 Å². The zero-order valence-electron chi connectivity index (χ0n) is 11.3. The molecule has 1 aromatic carbocycles. The number of hydrogen-bond acceptors (Lipinski definition) is 5. The van der Waals surface area contributed by atoms with Crippen LogP contribution in [0.25, 0.3) is 0 Å². The van der Waals surface area contributed by atoms with Crippen molar-refractivity contribution in [2.45, 2.75) is 17.8 Å². The summed E-state index contributed by atoms with van der Waals surface area (Å²) in [5, 5.41) is 0.794. The Morgan fingerprint density at radius 1 is 1.48 bits per heavy atom. The van der Waals surface area contributed by atoms with Gasteiger partial charge in [-0.3, -0.25) is 4.99 Å². The third kappa shape index (κ3) is 3.12. The van der Waals surface area contributed by atoms with E-state index in [0.717, 1.165) is 5.17 Å². The van der Waals surface area contributed by atoms with Crippen molar-refractivity contribution in [2.24, 2.45) is 4.99 Å². The zero-order chi connectivity index (χ0) is 15.2. The largest absolute Gasteiger partial charge is 0.348 e. The van der Waals surface area contributed by atoms with E-state index in [9.17, 15) is 12.8 Å². The minimum Gasteiger partial charge on any atom is -0.348 e. The summed E-state index contributed by atoms with van der Waals surface area (Å²) in [5.74, 6) is 0.516. The van der Waals surface area contributed by atoms with Crippen LogP contribution in [0, 0.1) is 5.82 Å². The first kappa shape index (κ1) is 15.3. The standard InChI is InChI=1S/C13H14BrFN2O2S2/c1-17-12-7-21(18,19)6-11(12)16-13(17)20-5-8-2-3-9(14)4-10(8)15/h2-4,11-12H,5-7H2,1H3/t11-,12+/m0/s1. The van der Waals surface area contributed by atoms with E-state index >= 15 is 0 Å². The number of hydrogen-bond donors (Lipinski definition) is 0. The summed E-state index contributed by atoms with van der Waals surface area (Å²) < 4.78 is 37.7. The Labute approximate surface area is 135 Å². The van der Waals surface area contributed by atoms with Crippen molar-refractivity contribution in [3.05, 3.63) is 34.1 Å². The smallest absolute Gasteiger partial charge is 0.159 e. The summed E-state index contributed by atoms with van der Waals surface area (Å²) >= 11 is 4.68. The predicted molar refractivity (Wildman–Crippen MR) is 86.8 cm³/mol. The molecule has 2 atom stereocenters. The lowest BCUT2D eigenvalue weighted by Crippen LogP contribution is -2.35. The molecule has 4 nitrogen and oxygen atoms in total. The molecular weight excluding hydrogens is 379 g/mol. The number of nitrogens with zero attached hydrogens (tertiary/aromatic N) is 2. The maximum atomic E-state index is 13.8. The summed E-state index contributed by atoms with van der Waals surface area (Å²) in [7, 11) is -1.11. The molecule has 114 valence electrons. The van der Waals surface area contributed by atoms with Gasteiger partial charge in [0.05, 0.1) is 23.6 Å². The van der Waals surface area contributed by atoms with Crippen LogP contribution in [0.4, 0.5) is 4.39 Å². The number of aliphatic imine (C=N–C) groups is 1. The zero-order valence-corrected chi connectivity index (χ0v) is 14.5. The van der Waals surface area contributed by atoms with Crippen molar-refractivity contribution in [1.29, 1.82) is 0 Å². The Morgan fingerprint density at radius 2 is 2.24 bits per heavy atom. The van der Waals surface area contributed by atoms with Gasteiger partial charge in [-0.1, -0.05) is 33.8 Å². The number of sulfone groups is 1. The quantitative estimate of drug-likeness (QED) is 0.774. The molecule has 3 rings (SSSR count). The highest BCUT2D eigenvalue weighted by Crippen LogP contribution is 2.31. The maximum absolute atomic E-state index is 13.8. The predicted octanol–water partition coefficient (Wildman–Crippen LogP) is 2.29. The van der Waals surface area contributed by atoms with Crippen LogP contribution in [-0.2, 0) is 15.6 Å². The first-order valence-corrected chi connectivity index (χ1v) is 10.0.